The average molecular weight is 247 g/mol. The van der Waals surface area contributed by atoms with Crippen molar-refractivity contribution < 1.29 is 13.2 Å². The molecular formula is C7H3Cl2F3S. The number of rotatable bonds is 1. The van der Waals surface area contributed by atoms with Crippen LogP contribution >= 0.6 is 35.0 Å². The largest absolute Gasteiger partial charge is 0.204 e. The zero-order valence-corrected chi connectivity index (χ0v) is 8.63. The molecular weight excluding hydrogens is 244 g/mol. The molecule has 1 aromatic rings. The van der Waals surface area contributed by atoms with Gasteiger partial charge < -0.3 is 0 Å². The summed E-state index contributed by atoms with van der Waals surface area (Å²) in [5, 5.41) is -1.32. The predicted molar refractivity (Wildman–Crippen MR) is 48.1 cm³/mol. The lowest BCUT2D eigenvalue weighted by Crippen LogP contribution is -1.95. The number of benzene rings is 1. The van der Waals surface area contributed by atoms with E-state index in [9.17, 15) is 13.2 Å². The highest BCUT2D eigenvalue weighted by atomic mass is 35.5. The Balaban J connectivity index is 3.56. The highest BCUT2D eigenvalue weighted by Crippen LogP contribution is 2.36. The highest BCUT2D eigenvalue weighted by Gasteiger charge is 2.22. The molecule has 0 amide bonds. The first-order valence-electron chi connectivity index (χ1n) is 3.06. The summed E-state index contributed by atoms with van der Waals surface area (Å²) in [5.74, 6) is -3.66. The second-order valence-corrected chi connectivity index (χ2v) is 3.68. The number of hydrogen-bond acceptors (Lipinski definition) is 1. The fraction of sp³-hybridized carbons (Fsp3) is 0.143. The topological polar surface area (TPSA) is 0 Å². The van der Waals surface area contributed by atoms with Crippen molar-refractivity contribution in [2.45, 2.75) is 4.90 Å². The summed E-state index contributed by atoms with van der Waals surface area (Å²) < 4.78 is 38.8. The van der Waals surface area contributed by atoms with Crippen LogP contribution in [0.3, 0.4) is 0 Å². The third-order valence-corrected chi connectivity index (χ3v) is 2.95. The van der Waals surface area contributed by atoms with Crippen LogP contribution in [0.15, 0.2) is 4.90 Å². The van der Waals surface area contributed by atoms with Gasteiger partial charge in [-0.25, -0.2) is 13.2 Å². The molecule has 0 aliphatic rings. The fourth-order valence-electron chi connectivity index (χ4n) is 0.764. The van der Waals surface area contributed by atoms with Crippen molar-refractivity contribution in [3.63, 3.8) is 0 Å². The Morgan fingerprint density at radius 1 is 0.923 bits per heavy atom. The van der Waals surface area contributed by atoms with E-state index in [0.29, 0.717) is 0 Å². The normalized spacial score (nSPS) is 10.6. The second-order valence-electron chi connectivity index (χ2n) is 2.10. The molecule has 0 aliphatic carbocycles. The van der Waals surface area contributed by atoms with Crippen LogP contribution in [0.25, 0.3) is 0 Å². The minimum Gasteiger partial charge on any atom is -0.204 e. The zero-order valence-electron chi connectivity index (χ0n) is 6.30. The van der Waals surface area contributed by atoms with E-state index in [-0.39, 0.29) is 0 Å². The fourth-order valence-corrected chi connectivity index (χ4v) is 1.71. The first-order chi connectivity index (χ1) is 6.00. The summed E-state index contributed by atoms with van der Waals surface area (Å²) in [7, 11) is 0. The average Bonchev–Trinajstić information content (AvgIpc) is 2.13. The molecule has 0 nitrogen and oxygen atoms in total. The Morgan fingerprint density at radius 3 is 1.85 bits per heavy atom. The van der Waals surface area contributed by atoms with Crippen molar-refractivity contribution in [3.05, 3.63) is 27.5 Å². The standard InChI is InChI=1S/C7H3Cl2F3S/c1-13-7-5(11)3(9)2(8)4(10)6(7)12/h1H3. The van der Waals surface area contributed by atoms with Crippen LogP contribution in [0.2, 0.25) is 10.0 Å². The van der Waals surface area contributed by atoms with Gasteiger partial charge in [0.15, 0.2) is 17.5 Å². The summed E-state index contributed by atoms with van der Waals surface area (Å²) >= 11 is 11.3. The molecule has 0 fully saturated rings. The maximum absolute atomic E-state index is 13.1. The van der Waals surface area contributed by atoms with Crippen LogP contribution in [0.5, 0.6) is 0 Å². The van der Waals surface area contributed by atoms with E-state index in [1.54, 1.807) is 0 Å². The zero-order chi connectivity index (χ0) is 10.2. The minimum atomic E-state index is -1.32. The van der Waals surface area contributed by atoms with Crippen molar-refractivity contribution in [3.8, 4) is 0 Å². The monoisotopic (exact) mass is 246 g/mol. The van der Waals surface area contributed by atoms with Crippen molar-refractivity contribution in [2.75, 3.05) is 6.26 Å². The SMILES string of the molecule is CSc1c(F)c(F)c(Cl)c(Cl)c1F. The van der Waals surface area contributed by atoms with Crippen molar-refractivity contribution in [2.24, 2.45) is 0 Å². The molecule has 1 rings (SSSR count). The number of halogens is 5. The molecule has 0 saturated carbocycles. The van der Waals surface area contributed by atoms with Crippen LogP contribution in [0.1, 0.15) is 0 Å². The van der Waals surface area contributed by atoms with Gasteiger partial charge in [-0.15, -0.1) is 11.8 Å². The Bertz CT molecular complexity index is 325. The first-order valence-corrected chi connectivity index (χ1v) is 5.04. The van der Waals surface area contributed by atoms with Gasteiger partial charge in [0.05, 0.1) is 9.92 Å². The van der Waals surface area contributed by atoms with Gasteiger partial charge in [-0.2, -0.15) is 0 Å². The summed E-state index contributed by atoms with van der Waals surface area (Å²) in [6.07, 6.45) is 1.41. The third-order valence-electron chi connectivity index (χ3n) is 1.37. The lowest BCUT2D eigenvalue weighted by molar-refractivity contribution is 0.468. The third kappa shape index (κ3) is 1.75. The molecule has 6 heteroatoms. The van der Waals surface area contributed by atoms with Crippen molar-refractivity contribution in [1.29, 1.82) is 0 Å². The summed E-state index contributed by atoms with van der Waals surface area (Å²) in [4.78, 5) is -0.466. The van der Waals surface area contributed by atoms with E-state index >= 15 is 0 Å². The lowest BCUT2D eigenvalue weighted by Gasteiger charge is -2.06. The lowest BCUT2D eigenvalue weighted by atomic mass is 10.3. The molecule has 1 aromatic carbocycles. The maximum atomic E-state index is 13.1. The molecule has 0 radical (unpaired) electrons. The Labute approximate surface area is 87.0 Å². The van der Waals surface area contributed by atoms with E-state index in [4.69, 9.17) is 23.2 Å². The molecule has 0 bridgehead atoms. The van der Waals surface area contributed by atoms with Crippen molar-refractivity contribution >= 4 is 35.0 Å². The molecule has 0 aliphatic heterocycles. The molecule has 0 N–H and O–H groups in total. The highest BCUT2D eigenvalue weighted by molar-refractivity contribution is 7.98. The summed E-state index contributed by atoms with van der Waals surface area (Å²) in [6, 6.07) is 0. The molecule has 0 atom stereocenters. The van der Waals surface area contributed by atoms with Gasteiger partial charge in [-0.05, 0) is 6.26 Å². The molecule has 13 heavy (non-hydrogen) atoms. The molecule has 0 aromatic heterocycles. The maximum Gasteiger partial charge on any atom is 0.180 e. The second kappa shape index (κ2) is 3.98. The van der Waals surface area contributed by atoms with E-state index < -0.39 is 32.4 Å². The van der Waals surface area contributed by atoms with E-state index in [1.165, 1.54) is 6.26 Å². The van der Waals surface area contributed by atoms with Gasteiger partial charge in [-0.1, -0.05) is 23.2 Å². The quantitative estimate of drug-likeness (QED) is 0.408. The number of thioether (sulfide) groups is 1. The molecule has 0 spiro atoms. The minimum absolute atomic E-state index is 0.466. The van der Waals surface area contributed by atoms with Gasteiger partial charge >= 0.3 is 0 Å². The Hall–Kier alpha value is -0.0600. The van der Waals surface area contributed by atoms with E-state index in [2.05, 4.69) is 0 Å². The van der Waals surface area contributed by atoms with E-state index in [0.717, 1.165) is 11.8 Å². The summed E-state index contributed by atoms with van der Waals surface area (Å²) in [5.41, 5.74) is 0. The van der Waals surface area contributed by atoms with Crippen LogP contribution < -0.4 is 0 Å². The van der Waals surface area contributed by atoms with Gasteiger partial charge in [0.2, 0.25) is 0 Å². The number of hydrogen-bond donors (Lipinski definition) is 0. The Kier molecular flexibility index (Phi) is 3.38. The van der Waals surface area contributed by atoms with Crippen LogP contribution in [0.4, 0.5) is 13.2 Å². The van der Waals surface area contributed by atoms with Crippen LogP contribution in [-0.2, 0) is 0 Å². The smallest absolute Gasteiger partial charge is 0.180 e. The molecule has 0 unspecified atom stereocenters. The van der Waals surface area contributed by atoms with E-state index in [1.807, 2.05) is 0 Å². The van der Waals surface area contributed by atoms with Crippen LogP contribution in [-0.4, -0.2) is 6.26 Å². The Morgan fingerprint density at radius 2 is 1.38 bits per heavy atom. The van der Waals surface area contributed by atoms with Gasteiger partial charge in [0.25, 0.3) is 0 Å². The van der Waals surface area contributed by atoms with Gasteiger partial charge in [-0.3, -0.25) is 0 Å². The molecule has 72 valence electrons. The molecule has 0 saturated heterocycles. The predicted octanol–water partition coefficient (Wildman–Crippen LogP) is 4.13. The first kappa shape index (κ1) is 11.0. The molecule has 0 heterocycles. The van der Waals surface area contributed by atoms with Crippen molar-refractivity contribution in [1.82, 2.24) is 0 Å². The van der Waals surface area contributed by atoms with Gasteiger partial charge in [0.1, 0.15) is 5.02 Å². The van der Waals surface area contributed by atoms with Crippen LogP contribution in [0, 0.1) is 17.5 Å². The summed E-state index contributed by atoms with van der Waals surface area (Å²) in [6.45, 7) is 0. The van der Waals surface area contributed by atoms with Gasteiger partial charge in [0, 0.05) is 0 Å².